The maximum absolute atomic E-state index is 13.0. The molecular formula is C21H18N2O6. The molecule has 1 aliphatic rings. The highest BCUT2D eigenvalue weighted by atomic mass is 16.7. The van der Waals surface area contributed by atoms with Gasteiger partial charge >= 0.3 is 6.16 Å². The molecule has 1 aromatic carbocycles. The van der Waals surface area contributed by atoms with Gasteiger partial charge in [-0.15, -0.1) is 0 Å². The molecule has 2 aromatic heterocycles. The topological polar surface area (TPSA) is 108 Å². The first-order valence-electron chi connectivity index (χ1n) is 9.09. The first-order chi connectivity index (χ1) is 13.9. The molecule has 0 unspecified atom stereocenters. The summed E-state index contributed by atoms with van der Waals surface area (Å²) in [6.07, 6.45) is -0.713. The molecule has 0 saturated heterocycles. The zero-order valence-corrected chi connectivity index (χ0v) is 15.9. The number of fused-ring (bicyclic) bond motifs is 4. The van der Waals surface area contributed by atoms with E-state index in [1.807, 2.05) is 13.0 Å². The molecule has 1 N–H and O–H groups in total. The highest BCUT2D eigenvalue weighted by Gasteiger charge is 2.27. The maximum atomic E-state index is 13.0. The number of pyridine rings is 2. The zero-order chi connectivity index (χ0) is 20.7. The Labute approximate surface area is 165 Å². The van der Waals surface area contributed by atoms with E-state index in [0.29, 0.717) is 42.0 Å². The van der Waals surface area contributed by atoms with Crippen LogP contribution in [0.15, 0.2) is 29.1 Å². The zero-order valence-electron chi connectivity index (χ0n) is 15.9. The van der Waals surface area contributed by atoms with E-state index in [4.69, 9.17) is 14.8 Å². The van der Waals surface area contributed by atoms with Gasteiger partial charge in [-0.2, -0.15) is 0 Å². The summed E-state index contributed by atoms with van der Waals surface area (Å²) in [6.45, 7) is 4.21. The van der Waals surface area contributed by atoms with Crippen molar-refractivity contribution in [3.05, 3.63) is 56.9 Å². The normalized spacial score (nSPS) is 11.8. The van der Waals surface area contributed by atoms with Gasteiger partial charge in [-0.1, -0.05) is 6.92 Å². The summed E-state index contributed by atoms with van der Waals surface area (Å²) in [5.74, 6) is 0.431. The first kappa shape index (κ1) is 18.7. The lowest BCUT2D eigenvalue weighted by molar-refractivity contribution is -0.120. The SMILES string of the molecule is CCc1c2c(nc3ccc(OC=O)cc13)-c1cc(C)c(COC(=O)O)c(=O)n1C2. The second-order valence-electron chi connectivity index (χ2n) is 6.80. The minimum atomic E-state index is -1.42. The van der Waals surface area contributed by atoms with Gasteiger partial charge in [0.2, 0.25) is 0 Å². The minimum absolute atomic E-state index is 0.282. The van der Waals surface area contributed by atoms with Crippen LogP contribution in [0.3, 0.4) is 0 Å². The number of benzene rings is 1. The molecule has 8 heteroatoms. The van der Waals surface area contributed by atoms with Crippen LogP contribution in [0, 0.1) is 6.92 Å². The van der Waals surface area contributed by atoms with Crippen LogP contribution in [-0.2, 0) is 29.1 Å². The predicted molar refractivity (Wildman–Crippen MR) is 104 cm³/mol. The van der Waals surface area contributed by atoms with E-state index in [1.54, 1.807) is 29.7 Å². The average Bonchev–Trinajstić information content (AvgIpc) is 3.04. The van der Waals surface area contributed by atoms with E-state index in [-0.39, 0.29) is 12.2 Å². The van der Waals surface area contributed by atoms with E-state index < -0.39 is 6.16 Å². The molecule has 3 aromatic rings. The van der Waals surface area contributed by atoms with Crippen molar-refractivity contribution >= 4 is 23.5 Å². The Bertz CT molecular complexity index is 1230. The van der Waals surface area contributed by atoms with Crippen molar-refractivity contribution < 1.29 is 24.2 Å². The van der Waals surface area contributed by atoms with Crippen molar-refractivity contribution in [3.63, 3.8) is 0 Å². The van der Waals surface area contributed by atoms with Gasteiger partial charge in [-0.25, -0.2) is 9.78 Å². The molecule has 148 valence electrons. The number of rotatable bonds is 5. The Kier molecular flexibility index (Phi) is 4.54. The molecule has 0 amide bonds. The summed E-state index contributed by atoms with van der Waals surface area (Å²) in [5, 5.41) is 9.63. The van der Waals surface area contributed by atoms with Crippen molar-refractivity contribution in [2.45, 2.75) is 33.4 Å². The van der Waals surface area contributed by atoms with Gasteiger partial charge < -0.3 is 19.1 Å². The Balaban J connectivity index is 1.90. The summed E-state index contributed by atoms with van der Waals surface area (Å²) in [5.41, 5.74) is 4.85. The summed E-state index contributed by atoms with van der Waals surface area (Å²) >= 11 is 0. The summed E-state index contributed by atoms with van der Waals surface area (Å²) < 4.78 is 11.2. The molecular weight excluding hydrogens is 376 g/mol. The van der Waals surface area contributed by atoms with Gasteiger partial charge in [-0.05, 0) is 48.7 Å². The monoisotopic (exact) mass is 394 g/mol. The van der Waals surface area contributed by atoms with Crippen LogP contribution in [0.5, 0.6) is 5.75 Å². The number of nitrogens with zero attached hydrogens (tertiary/aromatic N) is 2. The molecule has 4 rings (SSSR count). The van der Waals surface area contributed by atoms with Crippen molar-refractivity contribution in [2.24, 2.45) is 0 Å². The molecule has 0 saturated carbocycles. The molecule has 0 bridgehead atoms. The smallest absolute Gasteiger partial charge is 0.450 e. The Morgan fingerprint density at radius 1 is 1.31 bits per heavy atom. The van der Waals surface area contributed by atoms with Gasteiger partial charge in [0.15, 0.2) is 0 Å². The largest absolute Gasteiger partial charge is 0.506 e. The number of ether oxygens (including phenoxy) is 2. The molecule has 0 spiro atoms. The van der Waals surface area contributed by atoms with E-state index in [1.165, 1.54) is 0 Å². The summed E-state index contributed by atoms with van der Waals surface area (Å²) in [6, 6.07) is 7.08. The standard InChI is InChI=1S/C21H18N2O6/c1-3-13-14-7-12(29-10-24)4-5-17(14)22-19-15(13)8-23-18(19)6-11(2)16(20(23)25)9-28-21(26)27/h4-7,10H,3,8-9H2,1-2H3,(H,26,27). The fraction of sp³-hybridized carbons (Fsp3) is 0.238. The van der Waals surface area contributed by atoms with E-state index in [0.717, 1.165) is 27.7 Å². The third-order valence-electron chi connectivity index (χ3n) is 5.24. The number of hydrogen-bond donors (Lipinski definition) is 1. The second-order valence-corrected chi connectivity index (χ2v) is 6.80. The molecule has 0 radical (unpaired) electrons. The van der Waals surface area contributed by atoms with E-state index >= 15 is 0 Å². The van der Waals surface area contributed by atoms with Crippen LogP contribution in [-0.4, -0.2) is 27.3 Å². The van der Waals surface area contributed by atoms with Crippen molar-refractivity contribution in [1.29, 1.82) is 0 Å². The average molecular weight is 394 g/mol. The molecule has 0 aliphatic carbocycles. The van der Waals surface area contributed by atoms with Gasteiger partial charge in [0, 0.05) is 10.9 Å². The van der Waals surface area contributed by atoms with E-state index in [9.17, 15) is 14.4 Å². The lowest BCUT2D eigenvalue weighted by Gasteiger charge is -2.11. The third kappa shape index (κ3) is 3.02. The van der Waals surface area contributed by atoms with Crippen LogP contribution in [0.1, 0.15) is 29.2 Å². The van der Waals surface area contributed by atoms with Crippen LogP contribution < -0.4 is 10.3 Å². The molecule has 0 fully saturated rings. The fourth-order valence-corrected chi connectivity index (χ4v) is 3.89. The quantitative estimate of drug-likeness (QED) is 0.409. The van der Waals surface area contributed by atoms with Gasteiger partial charge in [0.1, 0.15) is 12.4 Å². The third-order valence-corrected chi connectivity index (χ3v) is 5.24. The van der Waals surface area contributed by atoms with Gasteiger partial charge in [0.25, 0.3) is 12.0 Å². The van der Waals surface area contributed by atoms with Crippen LogP contribution in [0.25, 0.3) is 22.3 Å². The van der Waals surface area contributed by atoms with E-state index in [2.05, 4.69) is 4.74 Å². The first-order valence-corrected chi connectivity index (χ1v) is 9.09. The van der Waals surface area contributed by atoms with Crippen LogP contribution in [0.2, 0.25) is 0 Å². The highest BCUT2D eigenvalue weighted by Crippen LogP contribution is 2.37. The molecule has 1 aliphatic heterocycles. The second kappa shape index (κ2) is 7.05. The van der Waals surface area contributed by atoms with Crippen molar-refractivity contribution in [3.8, 4) is 17.1 Å². The number of carboxylic acid groups (broad SMARTS) is 1. The summed E-state index contributed by atoms with van der Waals surface area (Å²) in [7, 11) is 0. The summed E-state index contributed by atoms with van der Waals surface area (Å²) in [4.78, 5) is 39.2. The molecule has 3 heterocycles. The van der Waals surface area contributed by atoms with Gasteiger partial charge in [0.05, 0.1) is 29.0 Å². The number of carbonyl (C=O) groups excluding carboxylic acids is 1. The Morgan fingerprint density at radius 2 is 2.10 bits per heavy atom. The molecule has 29 heavy (non-hydrogen) atoms. The maximum Gasteiger partial charge on any atom is 0.506 e. The predicted octanol–water partition coefficient (Wildman–Crippen LogP) is 3.03. The Morgan fingerprint density at radius 3 is 2.79 bits per heavy atom. The van der Waals surface area contributed by atoms with Crippen molar-refractivity contribution in [2.75, 3.05) is 0 Å². The number of aromatic nitrogens is 2. The number of carbonyl (C=O) groups is 2. The number of aryl methyl sites for hydroxylation is 2. The minimum Gasteiger partial charge on any atom is -0.450 e. The van der Waals surface area contributed by atoms with Crippen LogP contribution in [0.4, 0.5) is 4.79 Å². The van der Waals surface area contributed by atoms with Crippen LogP contribution >= 0.6 is 0 Å². The fourth-order valence-electron chi connectivity index (χ4n) is 3.89. The molecule has 0 atom stereocenters. The van der Waals surface area contributed by atoms with Gasteiger partial charge in [-0.3, -0.25) is 9.59 Å². The number of hydrogen-bond acceptors (Lipinski definition) is 6. The Hall–Kier alpha value is -3.68. The molecule has 8 nitrogen and oxygen atoms in total. The lowest BCUT2D eigenvalue weighted by Crippen LogP contribution is -2.25. The van der Waals surface area contributed by atoms with Crippen molar-refractivity contribution in [1.82, 2.24) is 9.55 Å². The highest BCUT2D eigenvalue weighted by molar-refractivity contribution is 5.89. The lowest BCUT2D eigenvalue weighted by atomic mass is 9.98.